The zero-order chi connectivity index (χ0) is 13.8. The molecule has 0 aromatic heterocycles. The zero-order valence-corrected chi connectivity index (χ0v) is 10.1. The molecule has 102 valence electrons. The Labute approximate surface area is 109 Å². The minimum absolute atomic E-state index is 0.0145. The van der Waals surface area contributed by atoms with Crippen molar-refractivity contribution in [2.24, 2.45) is 5.92 Å². The molecular weight excluding hydrogens is 253 g/mol. The molecule has 0 radical (unpaired) electrons. The van der Waals surface area contributed by atoms with Gasteiger partial charge in [0, 0.05) is 0 Å². The zero-order valence-electron chi connectivity index (χ0n) is 10.1. The number of carboxylic acid groups (broad SMARTS) is 1. The number of halogens is 1. The number of ether oxygens (including phenoxy) is 1. The molecule has 0 aliphatic carbocycles. The van der Waals surface area contributed by atoms with Gasteiger partial charge in [0.15, 0.2) is 0 Å². The number of carbonyl (C=O) groups is 2. The Morgan fingerprint density at radius 2 is 2.21 bits per heavy atom. The molecule has 2 rings (SSSR count). The summed E-state index contributed by atoms with van der Waals surface area (Å²) in [6.07, 6.45) is 0.0145. The molecule has 1 saturated heterocycles. The van der Waals surface area contributed by atoms with Crippen LogP contribution in [0.15, 0.2) is 24.3 Å². The summed E-state index contributed by atoms with van der Waals surface area (Å²) < 4.78 is 18.0. The number of carboxylic acids is 1. The first-order valence-corrected chi connectivity index (χ1v) is 5.90. The molecular formula is C13H14FNO4. The van der Waals surface area contributed by atoms with Crippen LogP contribution in [-0.2, 0) is 20.7 Å². The van der Waals surface area contributed by atoms with Gasteiger partial charge in [0.25, 0.3) is 0 Å². The molecule has 1 heterocycles. The van der Waals surface area contributed by atoms with Crippen molar-refractivity contribution in [3.63, 3.8) is 0 Å². The second kappa shape index (κ2) is 5.79. The number of nitrogens with one attached hydrogen (secondary N) is 1. The van der Waals surface area contributed by atoms with Gasteiger partial charge in [-0.3, -0.25) is 9.59 Å². The lowest BCUT2D eigenvalue weighted by molar-refractivity contribution is -0.142. The summed E-state index contributed by atoms with van der Waals surface area (Å²) in [6, 6.07) is 5.21. The lowest BCUT2D eigenvalue weighted by Gasteiger charge is -2.15. The summed E-state index contributed by atoms with van der Waals surface area (Å²) in [5.74, 6) is -2.46. The summed E-state index contributed by atoms with van der Waals surface area (Å²) in [5, 5.41) is 11.6. The first-order chi connectivity index (χ1) is 9.06. The Morgan fingerprint density at radius 1 is 1.42 bits per heavy atom. The van der Waals surface area contributed by atoms with E-state index < -0.39 is 23.7 Å². The maximum Gasteiger partial charge on any atom is 0.311 e. The molecule has 2 atom stereocenters. The van der Waals surface area contributed by atoms with E-state index in [9.17, 15) is 14.0 Å². The first-order valence-electron chi connectivity index (χ1n) is 5.90. The van der Waals surface area contributed by atoms with Gasteiger partial charge in [-0.2, -0.15) is 0 Å². The number of amides is 1. The van der Waals surface area contributed by atoms with Gasteiger partial charge in [0.1, 0.15) is 11.7 Å². The van der Waals surface area contributed by atoms with Crippen molar-refractivity contribution in [1.29, 1.82) is 0 Å². The van der Waals surface area contributed by atoms with Gasteiger partial charge < -0.3 is 15.2 Å². The van der Waals surface area contributed by atoms with Crippen LogP contribution in [0.3, 0.4) is 0 Å². The second-order valence-electron chi connectivity index (χ2n) is 4.46. The summed E-state index contributed by atoms with van der Waals surface area (Å²) in [4.78, 5) is 22.7. The van der Waals surface area contributed by atoms with Crippen molar-refractivity contribution in [2.75, 3.05) is 13.2 Å². The maximum atomic E-state index is 13.0. The summed E-state index contributed by atoms with van der Waals surface area (Å²) in [6.45, 7) is 0.284. The summed E-state index contributed by atoms with van der Waals surface area (Å²) in [5.41, 5.74) is 0.545. The van der Waals surface area contributed by atoms with Crippen LogP contribution in [0.25, 0.3) is 0 Å². The topological polar surface area (TPSA) is 75.6 Å². The molecule has 1 aliphatic heterocycles. The quantitative estimate of drug-likeness (QED) is 0.837. The normalized spacial score (nSPS) is 22.2. The number of rotatable bonds is 4. The molecule has 1 fully saturated rings. The molecule has 19 heavy (non-hydrogen) atoms. The van der Waals surface area contributed by atoms with Crippen LogP contribution < -0.4 is 5.32 Å². The third-order valence-electron chi connectivity index (χ3n) is 3.00. The highest BCUT2D eigenvalue weighted by molar-refractivity contribution is 5.80. The average Bonchev–Trinajstić information content (AvgIpc) is 2.76. The van der Waals surface area contributed by atoms with Crippen molar-refractivity contribution < 1.29 is 23.8 Å². The van der Waals surface area contributed by atoms with Crippen LogP contribution >= 0.6 is 0 Å². The SMILES string of the molecule is O=C(Cc1cccc(F)c1)NC1COCC1C(=O)O. The number of hydrogen-bond acceptors (Lipinski definition) is 3. The van der Waals surface area contributed by atoms with E-state index in [-0.39, 0.29) is 25.5 Å². The largest absolute Gasteiger partial charge is 0.481 e. The Balaban J connectivity index is 1.92. The van der Waals surface area contributed by atoms with Crippen LogP contribution in [0.4, 0.5) is 4.39 Å². The predicted molar refractivity (Wildman–Crippen MR) is 64.0 cm³/mol. The Morgan fingerprint density at radius 3 is 2.89 bits per heavy atom. The van der Waals surface area contributed by atoms with Crippen LogP contribution in [-0.4, -0.2) is 36.2 Å². The van der Waals surface area contributed by atoms with Crippen molar-refractivity contribution in [1.82, 2.24) is 5.32 Å². The highest BCUT2D eigenvalue weighted by Crippen LogP contribution is 2.14. The molecule has 1 aromatic carbocycles. The van der Waals surface area contributed by atoms with Crippen LogP contribution in [0, 0.1) is 11.7 Å². The fourth-order valence-electron chi connectivity index (χ4n) is 2.03. The Hall–Kier alpha value is -1.95. The van der Waals surface area contributed by atoms with E-state index in [1.54, 1.807) is 6.07 Å². The maximum absolute atomic E-state index is 13.0. The predicted octanol–water partition coefficient (Wildman–Crippen LogP) is 0.584. The molecule has 2 N–H and O–H groups in total. The average molecular weight is 267 g/mol. The third-order valence-corrected chi connectivity index (χ3v) is 3.00. The van der Waals surface area contributed by atoms with E-state index in [1.807, 2.05) is 0 Å². The van der Waals surface area contributed by atoms with E-state index in [1.165, 1.54) is 18.2 Å². The molecule has 5 nitrogen and oxygen atoms in total. The molecule has 1 aromatic rings. The molecule has 2 unspecified atom stereocenters. The van der Waals surface area contributed by atoms with Gasteiger partial charge >= 0.3 is 5.97 Å². The fraction of sp³-hybridized carbons (Fsp3) is 0.385. The van der Waals surface area contributed by atoms with E-state index in [4.69, 9.17) is 9.84 Å². The molecule has 0 saturated carbocycles. The Kier molecular flexibility index (Phi) is 4.11. The standard InChI is InChI=1S/C13H14FNO4/c14-9-3-1-2-8(4-9)5-12(16)15-11-7-19-6-10(11)13(17)18/h1-4,10-11H,5-7H2,(H,15,16)(H,17,18). The van der Waals surface area contributed by atoms with Gasteiger partial charge in [-0.05, 0) is 17.7 Å². The summed E-state index contributed by atoms with van der Waals surface area (Å²) in [7, 11) is 0. The fourth-order valence-corrected chi connectivity index (χ4v) is 2.03. The monoisotopic (exact) mass is 267 g/mol. The minimum Gasteiger partial charge on any atom is -0.481 e. The van der Waals surface area contributed by atoms with E-state index in [0.29, 0.717) is 5.56 Å². The molecule has 1 aliphatic rings. The lowest BCUT2D eigenvalue weighted by atomic mass is 10.0. The molecule has 1 amide bonds. The second-order valence-corrected chi connectivity index (χ2v) is 4.46. The van der Waals surface area contributed by atoms with Crippen LogP contribution in [0.5, 0.6) is 0 Å². The smallest absolute Gasteiger partial charge is 0.311 e. The third kappa shape index (κ3) is 3.51. The van der Waals surface area contributed by atoms with Crippen molar-refractivity contribution >= 4 is 11.9 Å². The van der Waals surface area contributed by atoms with Gasteiger partial charge in [-0.25, -0.2) is 4.39 Å². The van der Waals surface area contributed by atoms with Crippen LogP contribution in [0.2, 0.25) is 0 Å². The van der Waals surface area contributed by atoms with Crippen LogP contribution in [0.1, 0.15) is 5.56 Å². The van der Waals surface area contributed by atoms with Gasteiger partial charge in [-0.15, -0.1) is 0 Å². The number of benzene rings is 1. The van der Waals surface area contributed by atoms with Gasteiger partial charge in [0.2, 0.25) is 5.91 Å². The molecule has 0 spiro atoms. The van der Waals surface area contributed by atoms with Crippen molar-refractivity contribution in [3.05, 3.63) is 35.6 Å². The highest BCUT2D eigenvalue weighted by Gasteiger charge is 2.34. The first kappa shape index (κ1) is 13.5. The van der Waals surface area contributed by atoms with Crippen molar-refractivity contribution in [3.8, 4) is 0 Å². The highest BCUT2D eigenvalue weighted by atomic mass is 19.1. The molecule has 0 bridgehead atoms. The number of aliphatic carboxylic acids is 1. The number of carbonyl (C=O) groups excluding carboxylic acids is 1. The summed E-state index contributed by atoms with van der Waals surface area (Å²) >= 11 is 0. The van der Waals surface area contributed by atoms with Gasteiger partial charge in [0.05, 0.1) is 25.7 Å². The Bertz CT molecular complexity index is 491. The van der Waals surface area contributed by atoms with E-state index in [2.05, 4.69) is 5.32 Å². The minimum atomic E-state index is -0.992. The lowest BCUT2D eigenvalue weighted by Crippen LogP contribution is -2.43. The number of hydrogen-bond donors (Lipinski definition) is 2. The van der Waals surface area contributed by atoms with E-state index in [0.717, 1.165) is 0 Å². The van der Waals surface area contributed by atoms with E-state index >= 15 is 0 Å². The van der Waals surface area contributed by atoms with Gasteiger partial charge in [-0.1, -0.05) is 12.1 Å². The van der Waals surface area contributed by atoms with Crippen molar-refractivity contribution in [2.45, 2.75) is 12.5 Å². The molecule has 6 heteroatoms.